The van der Waals surface area contributed by atoms with Crippen molar-refractivity contribution >= 4 is 5.97 Å². The molecule has 1 rings (SSSR count). The summed E-state index contributed by atoms with van der Waals surface area (Å²) in [6, 6.07) is 0. The minimum absolute atomic E-state index is 0.0214. The number of carbonyl (C=O) groups is 1. The lowest BCUT2D eigenvalue weighted by Crippen LogP contribution is -2.23. The van der Waals surface area contributed by atoms with Crippen molar-refractivity contribution in [3.05, 3.63) is 12.7 Å². The molecule has 0 N–H and O–H groups in total. The minimum atomic E-state index is -0.0578. The standard InChI is InChI=1S/C19H34O4/c1-4-5-6-7-8-9-10-11-12-17-13-16(19(20)23-17)14-18(22-3)15-21-2/h4,16-18H,1,5-15H2,2-3H3. The Morgan fingerprint density at radius 2 is 1.91 bits per heavy atom. The van der Waals surface area contributed by atoms with E-state index in [0.717, 1.165) is 25.7 Å². The van der Waals surface area contributed by atoms with Crippen LogP contribution in [0, 0.1) is 5.92 Å². The molecule has 134 valence electrons. The van der Waals surface area contributed by atoms with Crippen LogP contribution < -0.4 is 0 Å². The van der Waals surface area contributed by atoms with Crippen LogP contribution in [0.25, 0.3) is 0 Å². The van der Waals surface area contributed by atoms with E-state index in [-0.39, 0.29) is 24.1 Å². The molecule has 3 atom stereocenters. The number of esters is 1. The number of methoxy groups -OCH3 is 2. The number of cyclic esters (lactones) is 1. The average molecular weight is 326 g/mol. The third-order valence-electron chi connectivity index (χ3n) is 4.58. The molecule has 4 heteroatoms. The molecular formula is C19H34O4. The van der Waals surface area contributed by atoms with E-state index in [1.807, 2.05) is 6.08 Å². The number of hydrogen-bond donors (Lipinski definition) is 0. The van der Waals surface area contributed by atoms with Gasteiger partial charge < -0.3 is 14.2 Å². The average Bonchev–Trinajstić information content (AvgIpc) is 2.89. The van der Waals surface area contributed by atoms with Gasteiger partial charge in [0, 0.05) is 14.2 Å². The van der Waals surface area contributed by atoms with Gasteiger partial charge in [0.1, 0.15) is 6.10 Å². The van der Waals surface area contributed by atoms with Gasteiger partial charge >= 0.3 is 5.97 Å². The van der Waals surface area contributed by atoms with Gasteiger partial charge in [0.25, 0.3) is 0 Å². The fraction of sp³-hybridized carbons (Fsp3) is 0.842. The third kappa shape index (κ3) is 8.52. The van der Waals surface area contributed by atoms with Gasteiger partial charge in [0.05, 0.1) is 18.6 Å². The summed E-state index contributed by atoms with van der Waals surface area (Å²) in [4.78, 5) is 11.9. The van der Waals surface area contributed by atoms with Crippen molar-refractivity contribution in [1.82, 2.24) is 0 Å². The maximum atomic E-state index is 11.9. The van der Waals surface area contributed by atoms with Crippen LogP contribution in [0.1, 0.15) is 64.2 Å². The highest BCUT2D eigenvalue weighted by Crippen LogP contribution is 2.29. The second-order valence-corrected chi connectivity index (χ2v) is 6.53. The number of hydrogen-bond acceptors (Lipinski definition) is 4. The minimum Gasteiger partial charge on any atom is -0.462 e. The highest BCUT2D eigenvalue weighted by atomic mass is 16.6. The molecule has 3 unspecified atom stereocenters. The molecule has 0 spiro atoms. The van der Waals surface area contributed by atoms with Crippen LogP contribution in [0.5, 0.6) is 0 Å². The summed E-state index contributed by atoms with van der Waals surface area (Å²) in [5, 5.41) is 0. The summed E-state index contributed by atoms with van der Waals surface area (Å²) in [6.45, 7) is 4.27. The van der Waals surface area contributed by atoms with E-state index < -0.39 is 0 Å². The molecule has 0 saturated carbocycles. The summed E-state index contributed by atoms with van der Waals surface area (Å²) in [5.74, 6) is -0.0865. The normalized spacial score (nSPS) is 22.1. The van der Waals surface area contributed by atoms with Crippen molar-refractivity contribution < 1.29 is 19.0 Å². The lowest BCUT2D eigenvalue weighted by molar-refractivity contribution is -0.145. The van der Waals surface area contributed by atoms with Crippen LogP contribution in [0.4, 0.5) is 0 Å². The molecule has 0 radical (unpaired) electrons. The maximum Gasteiger partial charge on any atom is 0.309 e. The van der Waals surface area contributed by atoms with Gasteiger partial charge in [0.15, 0.2) is 0 Å². The summed E-state index contributed by atoms with van der Waals surface area (Å²) >= 11 is 0. The van der Waals surface area contributed by atoms with Crippen LogP contribution in [-0.4, -0.2) is 39.0 Å². The Kier molecular flexibility index (Phi) is 11.0. The van der Waals surface area contributed by atoms with E-state index in [1.54, 1.807) is 14.2 Å². The lowest BCUT2D eigenvalue weighted by atomic mass is 9.95. The van der Waals surface area contributed by atoms with Gasteiger partial charge in [-0.3, -0.25) is 4.79 Å². The molecular weight excluding hydrogens is 292 g/mol. The van der Waals surface area contributed by atoms with E-state index in [1.165, 1.54) is 32.1 Å². The van der Waals surface area contributed by atoms with Crippen molar-refractivity contribution in [2.45, 2.75) is 76.4 Å². The summed E-state index contributed by atoms with van der Waals surface area (Å²) in [7, 11) is 3.32. The van der Waals surface area contributed by atoms with E-state index in [0.29, 0.717) is 13.0 Å². The van der Waals surface area contributed by atoms with Gasteiger partial charge in [-0.05, 0) is 38.5 Å². The molecule has 0 aromatic heterocycles. The Morgan fingerprint density at radius 1 is 1.22 bits per heavy atom. The predicted octanol–water partition coefficient (Wildman–Crippen LogP) is 4.28. The molecule has 1 fully saturated rings. The first-order chi connectivity index (χ1) is 11.2. The maximum absolute atomic E-state index is 11.9. The fourth-order valence-corrected chi connectivity index (χ4v) is 3.19. The number of ether oxygens (including phenoxy) is 3. The molecule has 1 saturated heterocycles. The first-order valence-corrected chi connectivity index (χ1v) is 9.04. The Morgan fingerprint density at radius 3 is 2.57 bits per heavy atom. The largest absolute Gasteiger partial charge is 0.462 e. The van der Waals surface area contributed by atoms with Crippen molar-refractivity contribution in [1.29, 1.82) is 0 Å². The molecule has 0 aromatic carbocycles. The van der Waals surface area contributed by atoms with Gasteiger partial charge in [-0.15, -0.1) is 6.58 Å². The molecule has 4 nitrogen and oxygen atoms in total. The lowest BCUT2D eigenvalue weighted by Gasteiger charge is -2.16. The van der Waals surface area contributed by atoms with E-state index in [2.05, 4.69) is 6.58 Å². The molecule has 1 aliphatic rings. The molecule has 1 heterocycles. The van der Waals surface area contributed by atoms with Gasteiger partial charge in [0.2, 0.25) is 0 Å². The highest BCUT2D eigenvalue weighted by molar-refractivity contribution is 5.74. The Bertz CT molecular complexity index is 329. The summed E-state index contributed by atoms with van der Waals surface area (Å²) < 4.78 is 16.0. The van der Waals surface area contributed by atoms with Crippen molar-refractivity contribution in [3.63, 3.8) is 0 Å². The zero-order valence-electron chi connectivity index (χ0n) is 14.9. The first kappa shape index (κ1) is 20.2. The van der Waals surface area contributed by atoms with Gasteiger partial charge in [-0.25, -0.2) is 0 Å². The summed E-state index contributed by atoms with van der Waals surface area (Å²) in [5.41, 5.74) is 0. The highest BCUT2D eigenvalue weighted by Gasteiger charge is 2.35. The zero-order chi connectivity index (χ0) is 16.9. The second kappa shape index (κ2) is 12.5. The third-order valence-corrected chi connectivity index (χ3v) is 4.58. The first-order valence-electron chi connectivity index (χ1n) is 9.04. The summed E-state index contributed by atoms with van der Waals surface area (Å²) in [6.07, 6.45) is 13.2. The quantitative estimate of drug-likeness (QED) is 0.271. The zero-order valence-corrected chi connectivity index (χ0v) is 14.9. The van der Waals surface area contributed by atoms with Crippen molar-refractivity contribution in [3.8, 4) is 0 Å². The van der Waals surface area contributed by atoms with Gasteiger partial charge in [-0.1, -0.05) is 31.8 Å². The SMILES string of the molecule is C=CCCCCCCCCC1CC(CC(COC)OC)C(=O)O1. The molecule has 23 heavy (non-hydrogen) atoms. The monoisotopic (exact) mass is 326 g/mol. The molecule has 0 aromatic rings. The molecule has 0 amide bonds. The molecule has 0 bridgehead atoms. The molecule has 1 aliphatic heterocycles. The predicted molar refractivity (Wildman–Crippen MR) is 92.4 cm³/mol. The Balaban J connectivity index is 2.10. The number of rotatable bonds is 14. The van der Waals surface area contributed by atoms with E-state index in [4.69, 9.17) is 14.2 Å². The van der Waals surface area contributed by atoms with E-state index in [9.17, 15) is 4.79 Å². The van der Waals surface area contributed by atoms with Crippen LogP contribution in [0.3, 0.4) is 0 Å². The van der Waals surface area contributed by atoms with Crippen LogP contribution >= 0.6 is 0 Å². The number of unbranched alkanes of at least 4 members (excludes halogenated alkanes) is 6. The Labute approximate surface area is 141 Å². The second-order valence-electron chi connectivity index (χ2n) is 6.53. The number of allylic oxidation sites excluding steroid dienone is 1. The van der Waals surface area contributed by atoms with Gasteiger partial charge in [-0.2, -0.15) is 0 Å². The van der Waals surface area contributed by atoms with Crippen LogP contribution in [-0.2, 0) is 19.0 Å². The van der Waals surface area contributed by atoms with Crippen molar-refractivity contribution in [2.75, 3.05) is 20.8 Å². The molecule has 0 aliphatic carbocycles. The van der Waals surface area contributed by atoms with E-state index >= 15 is 0 Å². The van der Waals surface area contributed by atoms with Crippen LogP contribution in [0.2, 0.25) is 0 Å². The Hall–Kier alpha value is -0.870. The van der Waals surface area contributed by atoms with Crippen LogP contribution in [0.15, 0.2) is 12.7 Å². The van der Waals surface area contributed by atoms with Crippen molar-refractivity contribution in [2.24, 2.45) is 5.92 Å². The topological polar surface area (TPSA) is 44.8 Å². The smallest absolute Gasteiger partial charge is 0.309 e. The fourth-order valence-electron chi connectivity index (χ4n) is 3.19. The number of carbonyl (C=O) groups excluding carboxylic acids is 1.